The van der Waals surface area contributed by atoms with Crippen LogP contribution in [0.1, 0.15) is 35.3 Å². The summed E-state index contributed by atoms with van der Waals surface area (Å²) >= 11 is 0. The fraction of sp³-hybridized carbons (Fsp3) is 0.353. The minimum atomic E-state index is -0.363. The standard InChI is InChI=1S/C34H40N4O4/c1-23-18-38(24(2)22-39)34(41)29-17-27(35-33(40)16-26-20-37(4)30-13-9-8-12-28(26)30)14-15-31(29)42-32(23)21-36(3)19-25-10-6-5-7-11-25/h5-15,17,20,23-24,32,39H,16,18-19,21-22H2,1-4H3,(H,35,40)/t23-,24-,32-/m0/s1. The third-order valence-corrected chi connectivity index (χ3v) is 8.07. The average molecular weight is 569 g/mol. The van der Waals surface area contributed by atoms with E-state index in [-0.39, 0.29) is 42.9 Å². The summed E-state index contributed by atoms with van der Waals surface area (Å²) in [6.07, 6.45) is 2.00. The van der Waals surface area contributed by atoms with Crippen molar-refractivity contribution in [2.24, 2.45) is 13.0 Å². The molecular formula is C34H40N4O4. The molecular weight excluding hydrogens is 528 g/mol. The van der Waals surface area contributed by atoms with Gasteiger partial charge in [0, 0.05) is 55.4 Å². The molecule has 2 N–H and O–H groups in total. The van der Waals surface area contributed by atoms with Crippen molar-refractivity contribution in [3.63, 3.8) is 0 Å². The quantitative estimate of drug-likeness (QED) is 0.305. The van der Waals surface area contributed by atoms with Gasteiger partial charge in [-0.25, -0.2) is 0 Å². The Kier molecular flexibility index (Phi) is 8.94. The van der Waals surface area contributed by atoms with Crippen LogP contribution in [-0.2, 0) is 24.8 Å². The largest absolute Gasteiger partial charge is 0.488 e. The first-order valence-corrected chi connectivity index (χ1v) is 14.5. The summed E-state index contributed by atoms with van der Waals surface area (Å²) in [5, 5.41) is 14.0. The molecule has 0 bridgehead atoms. The van der Waals surface area contributed by atoms with Crippen molar-refractivity contribution in [1.82, 2.24) is 14.4 Å². The van der Waals surface area contributed by atoms with Crippen molar-refractivity contribution in [1.29, 1.82) is 0 Å². The Morgan fingerprint density at radius 1 is 1.12 bits per heavy atom. The van der Waals surface area contributed by atoms with E-state index in [1.807, 2.05) is 67.2 Å². The van der Waals surface area contributed by atoms with Crippen LogP contribution in [0, 0.1) is 5.92 Å². The molecule has 5 rings (SSSR count). The minimum Gasteiger partial charge on any atom is -0.488 e. The number of aryl methyl sites for hydroxylation is 1. The number of aliphatic hydroxyl groups excluding tert-OH is 1. The molecule has 0 aliphatic carbocycles. The van der Waals surface area contributed by atoms with Gasteiger partial charge in [0.25, 0.3) is 5.91 Å². The van der Waals surface area contributed by atoms with Gasteiger partial charge in [-0.1, -0.05) is 55.5 Å². The van der Waals surface area contributed by atoms with E-state index < -0.39 is 0 Å². The second-order valence-electron chi connectivity index (χ2n) is 11.5. The molecule has 3 aromatic carbocycles. The topological polar surface area (TPSA) is 87.0 Å². The number of fused-ring (bicyclic) bond motifs is 2. The highest BCUT2D eigenvalue weighted by atomic mass is 16.5. The number of benzene rings is 3. The fourth-order valence-electron chi connectivity index (χ4n) is 5.73. The van der Waals surface area contributed by atoms with Crippen LogP contribution in [0.25, 0.3) is 10.9 Å². The maximum absolute atomic E-state index is 13.8. The van der Waals surface area contributed by atoms with E-state index in [0.29, 0.717) is 30.1 Å². The Morgan fingerprint density at radius 2 is 1.86 bits per heavy atom. The van der Waals surface area contributed by atoms with Gasteiger partial charge in [0.05, 0.1) is 24.6 Å². The lowest BCUT2D eigenvalue weighted by atomic mass is 9.99. The first kappa shape index (κ1) is 29.4. The normalized spacial score (nSPS) is 17.9. The Labute approximate surface area is 247 Å². The van der Waals surface area contributed by atoms with E-state index in [4.69, 9.17) is 4.74 Å². The summed E-state index contributed by atoms with van der Waals surface area (Å²) in [6, 6.07) is 23.2. The number of amides is 2. The van der Waals surface area contributed by atoms with Gasteiger partial charge in [-0.3, -0.25) is 14.5 Å². The van der Waals surface area contributed by atoms with Crippen LogP contribution < -0.4 is 10.1 Å². The number of aliphatic hydroxyl groups is 1. The summed E-state index contributed by atoms with van der Waals surface area (Å²) in [6.45, 7) is 5.67. The Balaban J connectivity index is 1.37. The zero-order valence-electron chi connectivity index (χ0n) is 24.8. The van der Waals surface area contributed by atoms with E-state index in [0.717, 1.165) is 23.0 Å². The molecule has 42 heavy (non-hydrogen) atoms. The first-order valence-electron chi connectivity index (χ1n) is 14.5. The number of ether oxygens (including phenoxy) is 1. The van der Waals surface area contributed by atoms with Crippen LogP contribution >= 0.6 is 0 Å². The summed E-state index contributed by atoms with van der Waals surface area (Å²) in [4.78, 5) is 30.8. The van der Waals surface area contributed by atoms with E-state index in [2.05, 4.69) is 36.3 Å². The van der Waals surface area contributed by atoms with Crippen molar-refractivity contribution in [2.75, 3.05) is 32.1 Å². The maximum Gasteiger partial charge on any atom is 0.258 e. The van der Waals surface area contributed by atoms with Gasteiger partial charge in [0.1, 0.15) is 11.9 Å². The van der Waals surface area contributed by atoms with Crippen molar-refractivity contribution in [2.45, 2.75) is 39.0 Å². The monoisotopic (exact) mass is 568 g/mol. The number of aromatic nitrogens is 1. The predicted molar refractivity (Wildman–Crippen MR) is 166 cm³/mol. The molecule has 1 aromatic heterocycles. The molecule has 0 fully saturated rings. The number of nitrogens with zero attached hydrogens (tertiary/aromatic N) is 3. The zero-order valence-corrected chi connectivity index (χ0v) is 24.8. The van der Waals surface area contributed by atoms with Gasteiger partial charge in [-0.15, -0.1) is 0 Å². The van der Waals surface area contributed by atoms with Crippen LogP contribution in [-0.4, -0.2) is 70.2 Å². The molecule has 0 unspecified atom stereocenters. The fourth-order valence-corrected chi connectivity index (χ4v) is 5.73. The van der Waals surface area contributed by atoms with Crippen LogP contribution in [0.3, 0.4) is 0 Å². The molecule has 3 atom stereocenters. The van der Waals surface area contributed by atoms with Gasteiger partial charge < -0.3 is 24.6 Å². The van der Waals surface area contributed by atoms with Crippen molar-refractivity contribution in [3.05, 3.63) is 95.7 Å². The van der Waals surface area contributed by atoms with E-state index in [1.54, 1.807) is 23.1 Å². The molecule has 2 amide bonds. The first-order chi connectivity index (χ1) is 20.2. The van der Waals surface area contributed by atoms with E-state index >= 15 is 0 Å². The van der Waals surface area contributed by atoms with Crippen LogP contribution in [0.15, 0.2) is 79.0 Å². The SMILES string of the molecule is C[C@H]1CN([C@@H](C)CO)C(=O)c2cc(NC(=O)Cc3cn(C)c4ccccc34)ccc2O[C@H]1CN(C)Cc1ccccc1. The Hall–Kier alpha value is -4.14. The third kappa shape index (κ3) is 6.50. The number of carbonyl (C=O) groups is 2. The lowest BCUT2D eigenvalue weighted by molar-refractivity contribution is -0.115. The number of hydrogen-bond donors (Lipinski definition) is 2. The average Bonchev–Trinajstić information content (AvgIpc) is 3.29. The minimum absolute atomic E-state index is 0.0226. The van der Waals surface area contributed by atoms with Crippen molar-refractivity contribution >= 4 is 28.4 Å². The maximum atomic E-state index is 13.8. The number of rotatable bonds is 9. The predicted octanol–water partition coefficient (Wildman–Crippen LogP) is 4.71. The molecule has 0 saturated carbocycles. The summed E-state index contributed by atoms with van der Waals surface area (Å²) < 4.78 is 8.55. The van der Waals surface area contributed by atoms with E-state index in [9.17, 15) is 14.7 Å². The van der Waals surface area contributed by atoms with Gasteiger partial charge in [0.15, 0.2) is 0 Å². The number of carbonyl (C=O) groups excluding carboxylic acids is 2. The zero-order chi connectivity index (χ0) is 29.8. The lowest BCUT2D eigenvalue weighted by Crippen LogP contribution is -2.49. The number of nitrogens with one attached hydrogen (secondary N) is 1. The second kappa shape index (κ2) is 12.8. The van der Waals surface area contributed by atoms with Gasteiger partial charge >= 0.3 is 0 Å². The summed E-state index contributed by atoms with van der Waals surface area (Å²) in [5.74, 6) is 0.112. The Bertz CT molecular complexity index is 1550. The van der Waals surface area contributed by atoms with Crippen LogP contribution in [0.2, 0.25) is 0 Å². The number of likely N-dealkylation sites (N-methyl/N-ethyl adjacent to an activating group) is 1. The highest BCUT2D eigenvalue weighted by Gasteiger charge is 2.33. The molecule has 1 aliphatic heterocycles. The number of anilines is 1. The van der Waals surface area contributed by atoms with Crippen molar-refractivity contribution in [3.8, 4) is 5.75 Å². The number of hydrogen-bond acceptors (Lipinski definition) is 5. The molecule has 2 heterocycles. The van der Waals surface area contributed by atoms with Gasteiger partial charge in [-0.2, -0.15) is 0 Å². The summed E-state index contributed by atoms with van der Waals surface area (Å²) in [7, 11) is 4.04. The third-order valence-electron chi connectivity index (χ3n) is 8.07. The highest BCUT2D eigenvalue weighted by molar-refractivity contribution is 6.00. The Morgan fingerprint density at radius 3 is 2.62 bits per heavy atom. The van der Waals surface area contributed by atoms with Crippen molar-refractivity contribution < 1.29 is 19.4 Å². The second-order valence-corrected chi connectivity index (χ2v) is 11.5. The summed E-state index contributed by atoms with van der Waals surface area (Å²) in [5.41, 5.74) is 4.13. The van der Waals surface area contributed by atoms with Crippen LogP contribution in [0.4, 0.5) is 5.69 Å². The molecule has 0 spiro atoms. The van der Waals surface area contributed by atoms with Gasteiger partial charge in [0.2, 0.25) is 5.91 Å². The molecule has 220 valence electrons. The molecule has 0 saturated heterocycles. The number of para-hydroxylation sites is 1. The lowest BCUT2D eigenvalue weighted by Gasteiger charge is -2.38. The highest BCUT2D eigenvalue weighted by Crippen LogP contribution is 2.31. The molecule has 0 radical (unpaired) electrons. The molecule has 4 aromatic rings. The van der Waals surface area contributed by atoms with Crippen LogP contribution in [0.5, 0.6) is 5.75 Å². The van der Waals surface area contributed by atoms with E-state index in [1.165, 1.54) is 5.56 Å². The molecule has 8 heteroatoms. The molecule has 8 nitrogen and oxygen atoms in total. The molecule has 1 aliphatic rings. The van der Waals surface area contributed by atoms with Gasteiger partial charge in [-0.05, 0) is 49.4 Å². The smallest absolute Gasteiger partial charge is 0.258 e.